The summed E-state index contributed by atoms with van der Waals surface area (Å²) in [6.45, 7) is 9.52. The molecule has 0 aromatic heterocycles. The summed E-state index contributed by atoms with van der Waals surface area (Å²) in [5.74, 6) is 0.682. The van der Waals surface area contributed by atoms with Gasteiger partial charge in [-0.3, -0.25) is 0 Å². The van der Waals surface area contributed by atoms with Crippen LogP contribution in [0.15, 0.2) is 11.1 Å². The number of allylic oxidation sites excluding steroid dienone is 1. The molecule has 0 amide bonds. The lowest BCUT2D eigenvalue weighted by Gasteiger charge is -2.29. The minimum Gasteiger partial charge on any atom is -0.379 e. The van der Waals surface area contributed by atoms with E-state index in [2.05, 4.69) is 13.8 Å². The predicted octanol–water partition coefficient (Wildman–Crippen LogP) is 2.40. The lowest BCUT2D eigenvalue weighted by atomic mass is 9.80. The van der Waals surface area contributed by atoms with Crippen LogP contribution in [-0.2, 0) is 9.47 Å². The molecule has 0 bridgehead atoms. The second-order valence-corrected chi connectivity index (χ2v) is 3.64. The fourth-order valence-electron chi connectivity index (χ4n) is 1.57. The molecule has 0 heterocycles. The first kappa shape index (κ1) is 10.7. The normalized spacial score (nSPS) is 21.9. The number of hydrogen-bond donors (Lipinski definition) is 0. The zero-order valence-corrected chi connectivity index (χ0v) is 8.93. The molecule has 0 fully saturated rings. The Bertz CT molecular complexity index is 185. The predicted molar refractivity (Wildman–Crippen MR) is 53.8 cm³/mol. The monoisotopic (exact) mass is 184 g/mol. The third kappa shape index (κ3) is 3.12. The maximum Gasteiger partial charge on any atom is 0.0700 e. The Labute approximate surface area is 80.9 Å². The van der Waals surface area contributed by atoms with Gasteiger partial charge in [-0.15, -0.1) is 0 Å². The first-order chi connectivity index (χ1) is 6.25. The molecule has 1 atom stereocenters. The maximum atomic E-state index is 5.50. The van der Waals surface area contributed by atoms with Crippen molar-refractivity contribution in [1.29, 1.82) is 0 Å². The van der Waals surface area contributed by atoms with E-state index in [0.29, 0.717) is 5.92 Å². The molecule has 0 aliphatic heterocycles. The second kappa shape index (κ2) is 5.40. The van der Waals surface area contributed by atoms with Gasteiger partial charge < -0.3 is 9.47 Å². The molecular weight excluding hydrogens is 164 g/mol. The standard InChI is InChI=1S/C11H20O2/c1-4-12-5-6-13-8-11-7-9(2)10(11)3/h11H,4-8H2,1-3H3. The average Bonchev–Trinajstić information content (AvgIpc) is 2.15. The molecule has 0 N–H and O–H groups in total. The van der Waals surface area contributed by atoms with E-state index in [1.807, 2.05) is 6.92 Å². The van der Waals surface area contributed by atoms with Gasteiger partial charge in [0.1, 0.15) is 0 Å². The molecule has 2 nitrogen and oxygen atoms in total. The van der Waals surface area contributed by atoms with Crippen molar-refractivity contribution in [3.63, 3.8) is 0 Å². The molecule has 13 heavy (non-hydrogen) atoms. The van der Waals surface area contributed by atoms with Crippen molar-refractivity contribution < 1.29 is 9.47 Å². The van der Waals surface area contributed by atoms with Gasteiger partial charge >= 0.3 is 0 Å². The minimum atomic E-state index is 0.682. The van der Waals surface area contributed by atoms with E-state index in [-0.39, 0.29) is 0 Å². The van der Waals surface area contributed by atoms with Crippen LogP contribution in [0.5, 0.6) is 0 Å². The van der Waals surface area contributed by atoms with Gasteiger partial charge in [-0.2, -0.15) is 0 Å². The summed E-state index contributed by atoms with van der Waals surface area (Å²) in [6, 6.07) is 0. The highest BCUT2D eigenvalue weighted by Crippen LogP contribution is 2.33. The molecule has 1 rings (SSSR count). The molecule has 76 valence electrons. The quantitative estimate of drug-likeness (QED) is 0.466. The van der Waals surface area contributed by atoms with Crippen molar-refractivity contribution >= 4 is 0 Å². The highest BCUT2D eigenvalue weighted by atomic mass is 16.5. The topological polar surface area (TPSA) is 18.5 Å². The summed E-state index contributed by atoms with van der Waals surface area (Å²) < 4.78 is 10.7. The van der Waals surface area contributed by atoms with Crippen LogP contribution in [0.1, 0.15) is 27.2 Å². The summed E-state index contributed by atoms with van der Waals surface area (Å²) >= 11 is 0. The van der Waals surface area contributed by atoms with E-state index in [1.165, 1.54) is 12.0 Å². The largest absolute Gasteiger partial charge is 0.379 e. The van der Waals surface area contributed by atoms with Crippen LogP contribution in [0.2, 0.25) is 0 Å². The fraction of sp³-hybridized carbons (Fsp3) is 0.818. The Morgan fingerprint density at radius 1 is 1.23 bits per heavy atom. The van der Waals surface area contributed by atoms with E-state index in [9.17, 15) is 0 Å². The highest BCUT2D eigenvalue weighted by molar-refractivity contribution is 5.24. The molecule has 0 aromatic carbocycles. The molecule has 1 aliphatic rings. The molecule has 0 aromatic rings. The second-order valence-electron chi connectivity index (χ2n) is 3.64. The van der Waals surface area contributed by atoms with Gasteiger partial charge in [-0.05, 0) is 27.2 Å². The Morgan fingerprint density at radius 3 is 2.46 bits per heavy atom. The summed E-state index contributed by atoms with van der Waals surface area (Å²) in [7, 11) is 0. The van der Waals surface area contributed by atoms with E-state index < -0.39 is 0 Å². The Morgan fingerprint density at radius 2 is 1.92 bits per heavy atom. The van der Waals surface area contributed by atoms with Gasteiger partial charge in [0.25, 0.3) is 0 Å². The highest BCUT2D eigenvalue weighted by Gasteiger charge is 2.22. The molecular formula is C11H20O2. The molecule has 1 unspecified atom stereocenters. The summed E-state index contributed by atoms with van der Waals surface area (Å²) in [4.78, 5) is 0. The zero-order valence-electron chi connectivity index (χ0n) is 8.93. The van der Waals surface area contributed by atoms with Crippen molar-refractivity contribution in [1.82, 2.24) is 0 Å². The first-order valence-corrected chi connectivity index (χ1v) is 5.07. The van der Waals surface area contributed by atoms with Crippen LogP contribution < -0.4 is 0 Å². The van der Waals surface area contributed by atoms with Crippen LogP contribution >= 0.6 is 0 Å². The van der Waals surface area contributed by atoms with Crippen LogP contribution in [0.3, 0.4) is 0 Å². The van der Waals surface area contributed by atoms with Crippen molar-refractivity contribution in [3.8, 4) is 0 Å². The van der Waals surface area contributed by atoms with E-state index >= 15 is 0 Å². The summed E-state index contributed by atoms with van der Waals surface area (Å²) in [6.07, 6.45) is 1.22. The van der Waals surface area contributed by atoms with Crippen molar-refractivity contribution in [2.75, 3.05) is 26.4 Å². The summed E-state index contributed by atoms with van der Waals surface area (Å²) in [5.41, 5.74) is 3.06. The van der Waals surface area contributed by atoms with Gasteiger partial charge in [-0.25, -0.2) is 0 Å². The van der Waals surface area contributed by atoms with Crippen LogP contribution in [0.25, 0.3) is 0 Å². The third-order valence-electron chi connectivity index (χ3n) is 2.73. The fourth-order valence-corrected chi connectivity index (χ4v) is 1.57. The van der Waals surface area contributed by atoms with Crippen LogP contribution in [0, 0.1) is 5.92 Å². The number of ether oxygens (including phenoxy) is 2. The lowest BCUT2D eigenvalue weighted by molar-refractivity contribution is 0.0393. The molecule has 0 radical (unpaired) electrons. The SMILES string of the molecule is CCOCCOCC1CC(C)=C1C. The minimum absolute atomic E-state index is 0.682. The maximum absolute atomic E-state index is 5.50. The molecule has 0 spiro atoms. The average molecular weight is 184 g/mol. The van der Waals surface area contributed by atoms with Crippen LogP contribution in [0.4, 0.5) is 0 Å². The van der Waals surface area contributed by atoms with E-state index in [1.54, 1.807) is 5.57 Å². The third-order valence-corrected chi connectivity index (χ3v) is 2.73. The Kier molecular flexibility index (Phi) is 4.46. The van der Waals surface area contributed by atoms with Gasteiger partial charge in [-0.1, -0.05) is 11.1 Å². The van der Waals surface area contributed by atoms with E-state index in [0.717, 1.165) is 26.4 Å². The lowest BCUT2D eigenvalue weighted by Crippen LogP contribution is -2.21. The smallest absolute Gasteiger partial charge is 0.0700 e. The van der Waals surface area contributed by atoms with E-state index in [4.69, 9.17) is 9.47 Å². The first-order valence-electron chi connectivity index (χ1n) is 5.07. The number of hydrogen-bond acceptors (Lipinski definition) is 2. The van der Waals surface area contributed by atoms with Gasteiger partial charge in [0.2, 0.25) is 0 Å². The molecule has 1 aliphatic carbocycles. The Hall–Kier alpha value is -0.340. The van der Waals surface area contributed by atoms with Crippen molar-refractivity contribution in [2.24, 2.45) is 5.92 Å². The zero-order chi connectivity index (χ0) is 9.68. The number of rotatable bonds is 6. The summed E-state index contributed by atoms with van der Waals surface area (Å²) in [5, 5.41) is 0. The van der Waals surface area contributed by atoms with Crippen molar-refractivity contribution in [2.45, 2.75) is 27.2 Å². The molecule has 0 saturated heterocycles. The van der Waals surface area contributed by atoms with Gasteiger partial charge in [0.05, 0.1) is 19.8 Å². The van der Waals surface area contributed by atoms with Crippen LogP contribution in [-0.4, -0.2) is 26.4 Å². The van der Waals surface area contributed by atoms with Gasteiger partial charge in [0, 0.05) is 12.5 Å². The molecule has 2 heteroatoms. The van der Waals surface area contributed by atoms with Crippen molar-refractivity contribution in [3.05, 3.63) is 11.1 Å². The Balaban J connectivity index is 1.96. The van der Waals surface area contributed by atoms with Gasteiger partial charge in [0.15, 0.2) is 0 Å². The molecule has 0 saturated carbocycles.